The number of anilines is 1. The van der Waals surface area contributed by atoms with Gasteiger partial charge in [0.1, 0.15) is 0 Å². The summed E-state index contributed by atoms with van der Waals surface area (Å²) in [5.74, 6) is 0.690. The molecule has 0 saturated carbocycles. The summed E-state index contributed by atoms with van der Waals surface area (Å²) in [6.45, 7) is 3.78. The molecule has 0 aliphatic heterocycles. The first-order valence-electron chi connectivity index (χ1n) is 8.50. The number of hydrogen-bond donors (Lipinski definition) is 2. The first kappa shape index (κ1) is 16.2. The molecule has 24 heavy (non-hydrogen) atoms. The third kappa shape index (κ3) is 3.32. The average molecular weight is 320 g/mol. The molecule has 124 valence electrons. The molecule has 0 spiro atoms. The Bertz CT molecular complexity index is 803. The van der Waals surface area contributed by atoms with E-state index >= 15 is 0 Å². The fraction of sp³-hybridized carbons (Fsp3) is 0.300. The molecule has 0 bridgehead atoms. The number of para-hydroxylation sites is 2. The van der Waals surface area contributed by atoms with Gasteiger partial charge in [-0.25, -0.2) is 4.98 Å². The van der Waals surface area contributed by atoms with E-state index in [-0.39, 0.29) is 0 Å². The standard InChI is InChI=1S/C20H24N4/c1-3-19(21)24(2)14-8-13-22-20-15-9-4-6-11-17(15)23-18-12-7-5-10-16(18)20/h4-7,9-12,21H,3,8,13-14H2,1-2H3,(H,22,23). The minimum Gasteiger partial charge on any atom is -0.384 e. The van der Waals surface area contributed by atoms with E-state index < -0.39 is 0 Å². The highest BCUT2D eigenvalue weighted by Crippen LogP contribution is 2.30. The number of nitrogens with one attached hydrogen (secondary N) is 2. The highest BCUT2D eigenvalue weighted by atomic mass is 15.1. The van der Waals surface area contributed by atoms with E-state index in [4.69, 9.17) is 10.4 Å². The van der Waals surface area contributed by atoms with Gasteiger partial charge >= 0.3 is 0 Å². The maximum atomic E-state index is 7.86. The predicted molar refractivity (Wildman–Crippen MR) is 103 cm³/mol. The van der Waals surface area contributed by atoms with Crippen LogP contribution in [0.5, 0.6) is 0 Å². The number of pyridine rings is 1. The first-order chi connectivity index (χ1) is 11.7. The van der Waals surface area contributed by atoms with Crippen molar-refractivity contribution in [2.45, 2.75) is 19.8 Å². The Morgan fingerprint density at radius 1 is 1.04 bits per heavy atom. The zero-order valence-corrected chi connectivity index (χ0v) is 14.3. The van der Waals surface area contributed by atoms with Crippen LogP contribution in [0.3, 0.4) is 0 Å². The number of nitrogens with zero attached hydrogens (tertiary/aromatic N) is 2. The third-order valence-corrected chi connectivity index (χ3v) is 4.36. The van der Waals surface area contributed by atoms with Gasteiger partial charge in [-0.15, -0.1) is 0 Å². The summed E-state index contributed by atoms with van der Waals surface area (Å²) in [6, 6.07) is 16.5. The van der Waals surface area contributed by atoms with Crippen LogP contribution in [-0.2, 0) is 0 Å². The molecule has 1 aromatic heterocycles. The second-order valence-electron chi connectivity index (χ2n) is 6.02. The van der Waals surface area contributed by atoms with Gasteiger partial charge in [0, 0.05) is 37.3 Å². The second-order valence-corrected chi connectivity index (χ2v) is 6.02. The summed E-state index contributed by atoms with van der Waals surface area (Å²) in [5, 5.41) is 13.8. The van der Waals surface area contributed by atoms with Crippen molar-refractivity contribution in [2.24, 2.45) is 0 Å². The third-order valence-electron chi connectivity index (χ3n) is 4.36. The van der Waals surface area contributed by atoms with Crippen LogP contribution in [0.4, 0.5) is 5.69 Å². The lowest BCUT2D eigenvalue weighted by Crippen LogP contribution is -2.27. The molecule has 0 unspecified atom stereocenters. The number of fused-ring (bicyclic) bond motifs is 2. The molecule has 1 heterocycles. The fourth-order valence-electron chi connectivity index (χ4n) is 2.96. The van der Waals surface area contributed by atoms with E-state index in [1.165, 1.54) is 0 Å². The molecule has 4 nitrogen and oxygen atoms in total. The molecule has 0 aliphatic rings. The SMILES string of the molecule is CCC(=N)N(C)CCCNc1c2ccccc2nc2ccccc12. The van der Waals surface area contributed by atoms with Crippen molar-refractivity contribution >= 4 is 33.3 Å². The van der Waals surface area contributed by atoms with E-state index in [2.05, 4.69) is 41.7 Å². The van der Waals surface area contributed by atoms with Gasteiger partial charge in [-0.05, 0) is 18.6 Å². The average Bonchev–Trinajstić information content (AvgIpc) is 2.63. The Hall–Kier alpha value is -2.62. The molecule has 0 radical (unpaired) electrons. The van der Waals surface area contributed by atoms with Crippen molar-refractivity contribution in [3.8, 4) is 0 Å². The van der Waals surface area contributed by atoms with E-state index in [0.717, 1.165) is 53.4 Å². The van der Waals surface area contributed by atoms with E-state index in [0.29, 0.717) is 5.84 Å². The van der Waals surface area contributed by atoms with Gasteiger partial charge in [0.2, 0.25) is 0 Å². The predicted octanol–water partition coefficient (Wildman–Crippen LogP) is 4.51. The Morgan fingerprint density at radius 2 is 1.62 bits per heavy atom. The highest BCUT2D eigenvalue weighted by molar-refractivity contribution is 6.07. The number of rotatable bonds is 6. The quantitative estimate of drug-likeness (QED) is 0.304. The Morgan fingerprint density at radius 3 is 2.21 bits per heavy atom. The van der Waals surface area contributed by atoms with Gasteiger partial charge in [0.05, 0.1) is 22.6 Å². The summed E-state index contributed by atoms with van der Waals surface area (Å²) in [4.78, 5) is 6.77. The fourth-order valence-corrected chi connectivity index (χ4v) is 2.96. The number of aromatic nitrogens is 1. The second kappa shape index (κ2) is 7.30. The maximum Gasteiger partial charge on any atom is 0.0952 e. The number of amidine groups is 1. The molecule has 2 aromatic carbocycles. The van der Waals surface area contributed by atoms with Crippen LogP contribution in [-0.4, -0.2) is 35.9 Å². The van der Waals surface area contributed by atoms with Crippen LogP contribution < -0.4 is 5.32 Å². The largest absolute Gasteiger partial charge is 0.384 e. The van der Waals surface area contributed by atoms with Gasteiger partial charge in [0.15, 0.2) is 0 Å². The van der Waals surface area contributed by atoms with Crippen LogP contribution in [0.1, 0.15) is 19.8 Å². The van der Waals surface area contributed by atoms with E-state index in [1.54, 1.807) is 0 Å². The van der Waals surface area contributed by atoms with Crippen LogP contribution in [0.2, 0.25) is 0 Å². The van der Waals surface area contributed by atoms with Crippen LogP contribution in [0.15, 0.2) is 48.5 Å². The van der Waals surface area contributed by atoms with Gasteiger partial charge < -0.3 is 10.2 Å². The molecule has 0 atom stereocenters. The molecule has 2 N–H and O–H groups in total. The topological polar surface area (TPSA) is 52.0 Å². The maximum absolute atomic E-state index is 7.86. The van der Waals surface area contributed by atoms with Crippen molar-refractivity contribution in [2.75, 3.05) is 25.5 Å². The van der Waals surface area contributed by atoms with Crippen LogP contribution >= 0.6 is 0 Å². The normalized spacial score (nSPS) is 10.9. The number of hydrogen-bond acceptors (Lipinski definition) is 3. The minimum atomic E-state index is 0.690. The minimum absolute atomic E-state index is 0.690. The first-order valence-corrected chi connectivity index (χ1v) is 8.50. The van der Waals surface area contributed by atoms with Crippen LogP contribution in [0.25, 0.3) is 21.8 Å². The van der Waals surface area contributed by atoms with Crippen molar-refractivity contribution < 1.29 is 0 Å². The Balaban J connectivity index is 1.81. The smallest absolute Gasteiger partial charge is 0.0952 e. The van der Waals surface area contributed by atoms with Gasteiger partial charge in [-0.1, -0.05) is 43.3 Å². The molecule has 0 amide bonds. The summed E-state index contributed by atoms with van der Waals surface area (Å²) >= 11 is 0. The monoisotopic (exact) mass is 320 g/mol. The molecule has 4 heteroatoms. The van der Waals surface area contributed by atoms with E-state index in [9.17, 15) is 0 Å². The summed E-state index contributed by atoms with van der Waals surface area (Å²) in [7, 11) is 1.99. The van der Waals surface area contributed by atoms with Gasteiger partial charge in [-0.3, -0.25) is 5.41 Å². The lowest BCUT2D eigenvalue weighted by atomic mass is 10.1. The van der Waals surface area contributed by atoms with Crippen molar-refractivity contribution in [3.63, 3.8) is 0 Å². The zero-order valence-electron chi connectivity index (χ0n) is 14.3. The lowest BCUT2D eigenvalue weighted by molar-refractivity contribution is 0.483. The molecule has 0 fully saturated rings. The van der Waals surface area contributed by atoms with Crippen molar-refractivity contribution in [3.05, 3.63) is 48.5 Å². The Kier molecular flexibility index (Phi) is 4.94. The lowest BCUT2D eigenvalue weighted by Gasteiger charge is -2.19. The molecule has 0 aliphatic carbocycles. The molecule has 3 aromatic rings. The molecular formula is C20H24N4. The molecule has 0 saturated heterocycles. The Labute approximate surface area is 143 Å². The molecular weight excluding hydrogens is 296 g/mol. The summed E-state index contributed by atoms with van der Waals surface area (Å²) in [6.07, 6.45) is 1.77. The van der Waals surface area contributed by atoms with Gasteiger partial charge in [0.25, 0.3) is 0 Å². The number of benzene rings is 2. The summed E-state index contributed by atoms with van der Waals surface area (Å²) < 4.78 is 0. The van der Waals surface area contributed by atoms with E-state index in [1.807, 2.05) is 31.0 Å². The van der Waals surface area contributed by atoms with Gasteiger partial charge in [-0.2, -0.15) is 0 Å². The van der Waals surface area contributed by atoms with Crippen LogP contribution in [0, 0.1) is 5.41 Å². The van der Waals surface area contributed by atoms with Crippen molar-refractivity contribution in [1.82, 2.24) is 9.88 Å². The van der Waals surface area contributed by atoms with Crippen molar-refractivity contribution in [1.29, 1.82) is 5.41 Å². The molecule has 3 rings (SSSR count). The highest BCUT2D eigenvalue weighted by Gasteiger charge is 2.08. The zero-order chi connectivity index (χ0) is 16.9. The summed E-state index contributed by atoms with van der Waals surface area (Å²) in [5.41, 5.74) is 3.19.